The predicted octanol–water partition coefficient (Wildman–Crippen LogP) is 2.73. The molecule has 1 aromatic rings. The average molecular weight is 253 g/mol. The molecule has 17 heavy (non-hydrogen) atoms. The Morgan fingerprint density at radius 2 is 2.29 bits per heavy atom. The number of halogens is 1. The summed E-state index contributed by atoms with van der Waals surface area (Å²) >= 11 is 6.02. The lowest BCUT2D eigenvalue weighted by Crippen LogP contribution is -2.43. The third kappa shape index (κ3) is 2.99. The standard InChI is InChI=1S/C13H17ClN2O/c1-9-10(14)5-4-7-11(9)16-13(17)12-6-2-3-8-15-12/h4-5,7,12,15H,2-3,6,8H2,1H3,(H,16,17)/t12-/m1/s1. The Kier molecular flexibility index (Phi) is 4.02. The fourth-order valence-corrected chi connectivity index (χ4v) is 2.21. The summed E-state index contributed by atoms with van der Waals surface area (Å²) in [4.78, 5) is 12.0. The zero-order chi connectivity index (χ0) is 12.3. The van der Waals surface area contributed by atoms with Crippen molar-refractivity contribution in [3.05, 3.63) is 28.8 Å². The number of carbonyl (C=O) groups is 1. The van der Waals surface area contributed by atoms with Crippen molar-refractivity contribution in [3.8, 4) is 0 Å². The number of benzene rings is 1. The molecule has 0 saturated carbocycles. The summed E-state index contributed by atoms with van der Waals surface area (Å²) in [7, 11) is 0. The van der Waals surface area contributed by atoms with Gasteiger partial charge < -0.3 is 10.6 Å². The maximum atomic E-state index is 12.0. The van der Waals surface area contributed by atoms with Crippen molar-refractivity contribution in [2.45, 2.75) is 32.2 Å². The van der Waals surface area contributed by atoms with Crippen LogP contribution in [-0.2, 0) is 4.79 Å². The van der Waals surface area contributed by atoms with Gasteiger partial charge in [-0.15, -0.1) is 0 Å². The molecule has 1 atom stereocenters. The molecule has 2 N–H and O–H groups in total. The highest BCUT2D eigenvalue weighted by Crippen LogP contribution is 2.23. The van der Waals surface area contributed by atoms with E-state index in [0.717, 1.165) is 37.1 Å². The second kappa shape index (κ2) is 5.52. The monoisotopic (exact) mass is 252 g/mol. The van der Waals surface area contributed by atoms with Gasteiger partial charge >= 0.3 is 0 Å². The minimum atomic E-state index is -0.0675. The molecule has 3 nitrogen and oxygen atoms in total. The molecule has 1 aliphatic rings. The van der Waals surface area contributed by atoms with Crippen LogP contribution in [0.3, 0.4) is 0 Å². The molecule has 2 rings (SSSR count). The molecular weight excluding hydrogens is 236 g/mol. The summed E-state index contributed by atoms with van der Waals surface area (Å²) in [5.74, 6) is 0.0371. The third-order valence-electron chi connectivity index (χ3n) is 3.15. The Morgan fingerprint density at radius 3 is 3.00 bits per heavy atom. The lowest BCUT2D eigenvalue weighted by Gasteiger charge is -2.23. The van der Waals surface area contributed by atoms with Gasteiger partial charge in [0, 0.05) is 10.7 Å². The number of anilines is 1. The lowest BCUT2D eigenvalue weighted by molar-refractivity contribution is -0.118. The quantitative estimate of drug-likeness (QED) is 0.850. The molecule has 0 aromatic heterocycles. The van der Waals surface area contributed by atoms with E-state index in [-0.39, 0.29) is 11.9 Å². The maximum Gasteiger partial charge on any atom is 0.241 e. The van der Waals surface area contributed by atoms with Crippen molar-refractivity contribution in [1.82, 2.24) is 5.32 Å². The Hall–Kier alpha value is -1.06. The van der Waals surface area contributed by atoms with Gasteiger partial charge in [0.2, 0.25) is 5.91 Å². The SMILES string of the molecule is Cc1c(Cl)cccc1NC(=O)[C@H]1CCCCN1. The lowest BCUT2D eigenvalue weighted by atomic mass is 10.0. The number of carbonyl (C=O) groups excluding carboxylic acids is 1. The van der Waals surface area contributed by atoms with Crippen molar-refractivity contribution < 1.29 is 4.79 Å². The van der Waals surface area contributed by atoms with Gasteiger partial charge in [-0.1, -0.05) is 24.1 Å². The van der Waals surface area contributed by atoms with Crippen LogP contribution in [0.1, 0.15) is 24.8 Å². The van der Waals surface area contributed by atoms with Gasteiger partial charge in [-0.25, -0.2) is 0 Å². The molecule has 0 aliphatic carbocycles. The van der Waals surface area contributed by atoms with E-state index in [2.05, 4.69) is 10.6 Å². The van der Waals surface area contributed by atoms with E-state index in [9.17, 15) is 4.79 Å². The largest absolute Gasteiger partial charge is 0.324 e. The summed E-state index contributed by atoms with van der Waals surface area (Å²) in [5.41, 5.74) is 1.72. The first kappa shape index (κ1) is 12.4. The number of piperidine rings is 1. The maximum absolute atomic E-state index is 12.0. The van der Waals surface area contributed by atoms with E-state index in [0.29, 0.717) is 5.02 Å². The van der Waals surface area contributed by atoms with Gasteiger partial charge in [-0.05, 0) is 44.0 Å². The summed E-state index contributed by atoms with van der Waals surface area (Å²) in [6, 6.07) is 5.48. The van der Waals surface area contributed by atoms with Crippen LogP contribution in [0.15, 0.2) is 18.2 Å². The van der Waals surface area contributed by atoms with Crippen molar-refractivity contribution in [2.24, 2.45) is 0 Å². The van der Waals surface area contributed by atoms with Gasteiger partial charge in [0.05, 0.1) is 6.04 Å². The number of hydrogen-bond acceptors (Lipinski definition) is 2. The third-order valence-corrected chi connectivity index (χ3v) is 3.56. The Labute approximate surface area is 107 Å². The van der Waals surface area contributed by atoms with Crippen molar-refractivity contribution >= 4 is 23.2 Å². The Balaban J connectivity index is 2.04. The van der Waals surface area contributed by atoms with Gasteiger partial charge in [0.25, 0.3) is 0 Å². The fourth-order valence-electron chi connectivity index (χ4n) is 2.04. The van der Waals surface area contributed by atoms with E-state index < -0.39 is 0 Å². The molecule has 1 heterocycles. The second-order valence-corrected chi connectivity index (χ2v) is 4.81. The first-order valence-corrected chi connectivity index (χ1v) is 6.35. The molecule has 0 spiro atoms. The van der Waals surface area contributed by atoms with Crippen LogP contribution in [-0.4, -0.2) is 18.5 Å². The summed E-state index contributed by atoms with van der Waals surface area (Å²) in [5, 5.41) is 6.84. The van der Waals surface area contributed by atoms with Gasteiger partial charge in [0.1, 0.15) is 0 Å². The minimum Gasteiger partial charge on any atom is -0.324 e. The first-order valence-electron chi connectivity index (χ1n) is 5.98. The number of hydrogen-bond donors (Lipinski definition) is 2. The average Bonchev–Trinajstić information content (AvgIpc) is 2.36. The molecule has 1 aromatic carbocycles. The Morgan fingerprint density at radius 1 is 1.47 bits per heavy atom. The van der Waals surface area contributed by atoms with Crippen LogP contribution in [0.25, 0.3) is 0 Å². The molecule has 1 fully saturated rings. The predicted molar refractivity (Wildman–Crippen MR) is 70.5 cm³/mol. The number of nitrogens with one attached hydrogen (secondary N) is 2. The van der Waals surface area contributed by atoms with Crippen LogP contribution < -0.4 is 10.6 Å². The van der Waals surface area contributed by atoms with Crippen LogP contribution in [0.2, 0.25) is 5.02 Å². The summed E-state index contributed by atoms with van der Waals surface area (Å²) in [6.45, 7) is 2.83. The molecule has 92 valence electrons. The van der Waals surface area contributed by atoms with E-state index in [4.69, 9.17) is 11.6 Å². The fraction of sp³-hybridized carbons (Fsp3) is 0.462. The molecule has 1 amide bonds. The zero-order valence-electron chi connectivity index (χ0n) is 9.92. The normalized spacial score (nSPS) is 20.0. The molecule has 0 bridgehead atoms. The van der Waals surface area contributed by atoms with Gasteiger partial charge in [0.15, 0.2) is 0 Å². The van der Waals surface area contributed by atoms with E-state index in [1.165, 1.54) is 0 Å². The molecule has 1 saturated heterocycles. The Bertz CT molecular complexity index is 414. The van der Waals surface area contributed by atoms with Crippen LogP contribution in [0, 0.1) is 6.92 Å². The van der Waals surface area contributed by atoms with Crippen LogP contribution in [0.5, 0.6) is 0 Å². The summed E-state index contributed by atoms with van der Waals surface area (Å²) in [6.07, 6.45) is 3.17. The number of amides is 1. The van der Waals surface area contributed by atoms with E-state index >= 15 is 0 Å². The topological polar surface area (TPSA) is 41.1 Å². The zero-order valence-corrected chi connectivity index (χ0v) is 10.7. The number of rotatable bonds is 2. The highest BCUT2D eigenvalue weighted by molar-refractivity contribution is 6.31. The highest BCUT2D eigenvalue weighted by Gasteiger charge is 2.20. The second-order valence-electron chi connectivity index (χ2n) is 4.40. The molecule has 1 aliphatic heterocycles. The molecule has 0 unspecified atom stereocenters. The van der Waals surface area contributed by atoms with Crippen LogP contribution >= 0.6 is 11.6 Å². The van der Waals surface area contributed by atoms with Crippen molar-refractivity contribution in [2.75, 3.05) is 11.9 Å². The van der Waals surface area contributed by atoms with E-state index in [1.807, 2.05) is 25.1 Å². The van der Waals surface area contributed by atoms with Crippen molar-refractivity contribution in [1.29, 1.82) is 0 Å². The first-order chi connectivity index (χ1) is 8.18. The molecule has 4 heteroatoms. The smallest absolute Gasteiger partial charge is 0.241 e. The van der Waals surface area contributed by atoms with Gasteiger partial charge in [-0.2, -0.15) is 0 Å². The minimum absolute atomic E-state index is 0.0371. The molecular formula is C13H17ClN2O. The van der Waals surface area contributed by atoms with E-state index in [1.54, 1.807) is 0 Å². The highest BCUT2D eigenvalue weighted by atomic mass is 35.5. The van der Waals surface area contributed by atoms with Crippen LogP contribution in [0.4, 0.5) is 5.69 Å². The summed E-state index contributed by atoms with van der Waals surface area (Å²) < 4.78 is 0. The molecule has 0 radical (unpaired) electrons. The van der Waals surface area contributed by atoms with Gasteiger partial charge in [-0.3, -0.25) is 4.79 Å². The van der Waals surface area contributed by atoms with Crippen molar-refractivity contribution in [3.63, 3.8) is 0 Å².